The minimum atomic E-state index is 0.00571. The van der Waals surface area contributed by atoms with Crippen molar-refractivity contribution in [1.29, 1.82) is 0 Å². The minimum absolute atomic E-state index is 0.00571. The molecule has 1 nitrogen and oxygen atoms in total. The fourth-order valence-electron chi connectivity index (χ4n) is 1.90. The van der Waals surface area contributed by atoms with Crippen LogP contribution < -0.4 is 0 Å². The van der Waals surface area contributed by atoms with E-state index < -0.39 is 0 Å². The van der Waals surface area contributed by atoms with Crippen LogP contribution in [0, 0.1) is 0 Å². The molecule has 1 aliphatic heterocycles. The molecule has 1 aromatic rings. The van der Waals surface area contributed by atoms with Gasteiger partial charge in [0.15, 0.2) is 5.09 Å². The Morgan fingerprint density at radius 1 is 1.39 bits per heavy atom. The summed E-state index contributed by atoms with van der Waals surface area (Å²) in [5, 5.41) is 5.41. The number of hydrogen-bond donors (Lipinski definition) is 0. The van der Waals surface area contributed by atoms with Crippen LogP contribution in [0.25, 0.3) is 0 Å². The van der Waals surface area contributed by atoms with Gasteiger partial charge in [0.05, 0.1) is 6.61 Å². The van der Waals surface area contributed by atoms with Crippen LogP contribution in [0.2, 0.25) is 0 Å². The predicted molar refractivity (Wildman–Crippen MR) is 85.3 cm³/mol. The molecule has 0 aromatic carbocycles. The van der Waals surface area contributed by atoms with Gasteiger partial charge in [0, 0.05) is 0 Å². The maximum Gasteiger partial charge on any atom is 0.151 e. The van der Waals surface area contributed by atoms with E-state index in [1.54, 1.807) is 23.1 Å². The molecule has 18 heavy (non-hydrogen) atoms. The third-order valence-corrected chi connectivity index (χ3v) is 6.15. The van der Waals surface area contributed by atoms with Crippen LogP contribution >= 0.6 is 39.0 Å². The van der Waals surface area contributed by atoms with Crippen molar-refractivity contribution in [3.05, 3.63) is 33.6 Å². The number of hydrogen-bond acceptors (Lipinski definition) is 3. The smallest absolute Gasteiger partial charge is 0.151 e. The van der Waals surface area contributed by atoms with Crippen molar-refractivity contribution < 1.29 is 4.74 Å². The molecule has 2 heterocycles. The SMILES string of the molecule is CCCCCCOC1=CCC(Br)(c2ccsc2)S1. The van der Waals surface area contributed by atoms with E-state index in [0.29, 0.717) is 0 Å². The summed E-state index contributed by atoms with van der Waals surface area (Å²) < 4.78 is 5.85. The van der Waals surface area contributed by atoms with Crippen LogP contribution in [0.4, 0.5) is 0 Å². The molecular weight excluding hydrogens is 328 g/mol. The molecule has 0 radical (unpaired) electrons. The van der Waals surface area contributed by atoms with Gasteiger partial charge in [-0.05, 0) is 41.3 Å². The summed E-state index contributed by atoms with van der Waals surface area (Å²) >= 11 is 7.39. The molecule has 1 aromatic heterocycles. The topological polar surface area (TPSA) is 9.23 Å². The fourth-order valence-corrected chi connectivity index (χ4v) is 4.78. The van der Waals surface area contributed by atoms with Crippen LogP contribution in [0.5, 0.6) is 0 Å². The van der Waals surface area contributed by atoms with E-state index in [1.165, 1.54) is 31.2 Å². The van der Waals surface area contributed by atoms with Crippen LogP contribution in [0.3, 0.4) is 0 Å². The van der Waals surface area contributed by atoms with Crippen molar-refractivity contribution in [3.8, 4) is 0 Å². The van der Waals surface area contributed by atoms with E-state index in [9.17, 15) is 0 Å². The largest absolute Gasteiger partial charge is 0.488 e. The summed E-state index contributed by atoms with van der Waals surface area (Å²) in [5.41, 5.74) is 1.35. The summed E-state index contributed by atoms with van der Waals surface area (Å²) in [6, 6.07) is 2.18. The first-order valence-corrected chi connectivity index (χ1v) is 9.03. The Hall–Kier alpha value is 0.0700. The van der Waals surface area contributed by atoms with Gasteiger partial charge in [0.25, 0.3) is 0 Å². The molecule has 4 heteroatoms. The quantitative estimate of drug-likeness (QED) is 0.450. The molecular formula is C14H19BrOS2. The van der Waals surface area contributed by atoms with Gasteiger partial charge in [-0.1, -0.05) is 53.9 Å². The molecule has 0 fully saturated rings. The Balaban J connectivity index is 1.74. The van der Waals surface area contributed by atoms with Crippen molar-refractivity contribution in [3.63, 3.8) is 0 Å². The zero-order valence-electron chi connectivity index (χ0n) is 10.7. The Bertz CT molecular complexity index is 389. The second kappa shape index (κ2) is 7.01. The zero-order chi connectivity index (χ0) is 12.8. The standard InChI is InChI=1S/C14H19BrOS2/c1-2-3-4-5-9-16-13-6-8-14(15,18-13)12-7-10-17-11-12/h6-7,10-11H,2-5,8-9H2,1H3. The molecule has 1 unspecified atom stereocenters. The van der Waals surface area contributed by atoms with Gasteiger partial charge in [-0.2, -0.15) is 11.3 Å². The highest BCUT2D eigenvalue weighted by atomic mass is 79.9. The van der Waals surface area contributed by atoms with Crippen molar-refractivity contribution in [2.75, 3.05) is 6.61 Å². The van der Waals surface area contributed by atoms with E-state index in [0.717, 1.165) is 18.1 Å². The van der Waals surface area contributed by atoms with Crippen LogP contribution in [0.15, 0.2) is 28.0 Å². The molecule has 100 valence electrons. The molecule has 0 amide bonds. The molecule has 0 aliphatic carbocycles. The van der Waals surface area contributed by atoms with Crippen LogP contribution in [-0.4, -0.2) is 6.61 Å². The molecule has 1 aliphatic rings. The van der Waals surface area contributed by atoms with Crippen molar-refractivity contribution >= 4 is 39.0 Å². The van der Waals surface area contributed by atoms with Gasteiger partial charge in [0.1, 0.15) is 3.66 Å². The second-order valence-electron chi connectivity index (χ2n) is 4.48. The molecule has 2 rings (SSSR count). The number of rotatable bonds is 7. The normalized spacial score (nSPS) is 23.1. The van der Waals surface area contributed by atoms with Gasteiger partial charge in [-0.3, -0.25) is 0 Å². The average Bonchev–Trinajstić information content (AvgIpc) is 2.99. The predicted octanol–water partition coefficient (Wildman–Crippen LogP) is 5.87. The number of halogens is 1. The third-order valence-electron chi connectivity index (χ3n) is 2.99. The lowest BCUT2D eigenvalue weighted by molar-refractivity contribution is 0.231. The summed E-state index contributed by atoms with van der Waals surface area (Å²) in [5.74, 6) is 0. The third kappa shape index (κ3) is 3.78. The number of thioether (sulfide) groups is 1. The van der Waals surface area contributed by atoms with Crippen LogP contribution in [-0.2, 0) is 8.39 Å². The minimum Gasteiger partial charge on any atom is -0.488 e. The van der Waals surface area contributed by atoms with Gasteiger partial charge >= 0.3 is 0 Å². The molecule has 0 saturated heterocycles. The Kier molecular flexibility index (Phi) is 5.64. The molecule has 0 N–H and O–H groups in total. The van der Waals surface area contributed by atoms with E-state index >= 15 is 0 Å². The van der Waals surface area contributed by atoms with Crippen molar-refractivity contribution in [2.24, 2.45) is 0 Å². The molecule has 1 atom stereocenters. The number of unbranched alkanes of at least 4 members (excludes halogenated alkanes) is 3. The average molecular weight is 347 g/mol. The molecule has 0 saturated carbocycles. The highest BCUT2D eigenvalue weighted by molar-refractivity contribution is 9.11. The highest BCUT2D eigenvalue weighted by Gasteiger charge is 2.35. The highest BCUT2D eigenvalue weighted by Crippen LogP contribution is 2.54. The number of alkyl halides is 1. The Morgan fingerprint density at radius 2 is 2.28 bits per heavy atom. The van der Waals surface area contributed by atoms with Crippen molar-refractivity contribution in [1.82, 2.24) is 0 Å². The lowest BCUT2D eigenvalue weighted by Gasteiger charge is -2.19. The number of ether oxygens (including phenoxy) is 1. The lowest BCUT2D eigenvalue weighted by Crippen LogP contribution is -2.07. The summed E-state index contributed by atoms with van der Waals surface area (Å²) in [7, 11) is 0. The first-order valence-electron chi connectivity index (χ1n) is 6.48. The van der Waals surface area contributed by atoms with E-state index in [2.05, 4.69) is 45.8 Å². The van der Waals surface area contributed by atoms with Gasteiger partial charge < -0.3 is 4.74 Å². The van der Waals surface area contributed by atoms with E-state index in [4.69, 9.17) is 4.74 Å². The van der Waals surface area contributed by atoms with Crippen LogP contribution in [0.1, 0.15) is 44.6 Å². The summed E-state index contributed by atoms with van der Waals surface area (Å²) in [6.45, 7) is 3.09. The number of thiophene rings is 1. The molecule has 0 bridgehead atoms. The number of allylic oxidation sites excluding steroid dienone is 1. The first kappa shape index (κ1) is 14.5. The first-order chi connectivity index (χ1) is 8.74. The molecule has 0 spiro atoms. The second-order valence-corrected chi connectivity index (χ2v) is 8.44. The summed E-state index contributed by atoms with van der Waals surface area (Å²) in [6.07, 6.45) is 8.24. The van der Waals surface area contributed by atoms with Crippen molar-refractivity contribution in [2.45, 2.75) is 42.7 Å². The Labute approximate surface area is 126 Å². The maximum absolute atomic E-state index is 5.84. The van der Waals surface area contributed by atoms with Gasteiger partial charge in [-0.15, -0.1) is 0 Å². The van der Waals surface area contributed by atoms with E-state index in [1.807, 2.05) is 0 Å². The van der Waals surface area contributed by atoms with Gasteiger partial charge in [-0.25, -0.2) is 0 Å². The lowest BCUT2D eigenvalue weighted by atomic mass is 10.2. The maximum atomic E-state index is 5.84. The zero-order valence-corrected chi connectivity index (χ0v) is 13.9. The summed E-state index contributed by atoms with van der Waals surface area (Å²) in [4.78, 5) is 0. The Morgan fingerprint density at radius 3 is 3.00 bits per heavy atom. The van der Waals surface area contributed by atoms with Gasteiger partial charge in [0.2, 0.25) is 0 Å². The monoisotopic (exact) mass is 346 g/mol. The van der Waals surface area contributed by atoms with E-state index in [-0.39, 0.29) is 3.66 Å². The fraction of sp³-hybridized carbons (Fsp3) is 0.571.